The first-order valence-electron chi connectivity index (χ1n) is 33.1. The number of rotatable bonds is 8. The van der Waals surface area contributed by atoms with Crippen molar-refractivity contribution in [3.63, 3.8) is 0 Å². The molecule has 0 bridgehead atoms. The summed E-state index contributed by atoms with van der Waals surface area (Å²) < 4.78 is 75.7. The Morgan fingerprint density at radius 1 is 0.490 bits per heavy atom. The fourth-order valence-electron chi connectivity index (χ4n) is 13.9. The van der Waals surface area contributed by atoms with E-state index in [1.165, 1.54) is 68.7 Å². The van der Waals surface area contributed by atoms with Gasteiger partial charge in [0.2, 0.25) is 33.7 Å². The number of hydrogen-bond donors (Lipinski definition) is 5. The Kier molecular flexibility index (Phi) is 21.8. The molecule has 4 amide bonds. The van der Waals surface area contributed by atoms with Crippen molar-refractivity contribution in [2.45, 2.75) is 84.5 Å². The summed E-state index contributed by atoms with van der Waals surface area (Å²) in [6.07, 6.45) is 27.0. The second-order valence-electron chi connectivity index (χ2n) is 25.4. The molecule has 98 heavy (non-hydrogen) atoms. The van der Waals surface area contributed by atoms with E-state index in [1.54, 1.807) is 46.1 Å². The van der Waals surface area contributed by atoms with Gasteiger partial charge in [-0.25, -0.2) is 21.6 Å². The number of halogens is 3. The van der Waals surface area contributed by atoms with Gasteiger partial charge in [0.15, 0.2) is 0 Å². The molecule has 10 aromatic rings. The Hall–Kier alpha value is -9.87. The molecule has 19 nitrogen and oxygen atoms in total. The summed E-state index contributed by atoms with van der Waals surface area (Å²) in [5.41, 5.74) is 13.7. The fourth-order valence-corrected chi connectivity index (χ4v) is 14.7. The maximum absolute atomic E-state index is 13.9. The molecular weight excluding hydrogens is 1270 g/mol. The molecule has 5 aliphatic rings. The van der Waals surface area contributed by atoms with Crippen LogP contribution in [-0.2, 0) is 29.2 Å². The standard InChI is InChI=1S/C16H20N2O2.C15H14F2N2O.C15H17FN2O.C15H18N2O3S.C14H15N3O/c1-11(19)18-7-5-12(6-8-18)15-10-17-16-4-3-13(20-2)9-14(15)16;1-9(20)19-4-2-10(3-5-19)12-8-18-14-7-11(16)6-13(17)15(12)14;1-10(19)18-6-4-11(5-7-18)14-9-17-15-8-12(16)2-3-13(14)15;1-20-14-5-3-4-13-15(14)12(10-16-13)11-6-8-17(9-7-11)21(2,18)19;1-10(18)17-6-3-11(4-7-17)13-8-16-14-9-15-5-2-12(13)14/h3-4,9-10,12,17H,5-8H2,1-2H3;2,6-8,18H,3-5H2,1H3;2-3,8-9,11,17H,4-7H2,1H3;3-6,10,16H,7-9H2,1-2H3;2-3,5,8-9,16H,4,6-7H2,1H3. The third-order valence-electron chi connectivity index (χ3n) is 19.4. The van der Waals surface area contributed by atoms with Crippen molar-refractivity contribution < 1.29 is 50.2 Å². The number of aromatic nitrogens is 6. The lowest BCUT2D eigenvalue weighted by Crippen LogP contribution is -2.36. The molecular formula is C75H84F3N11O8S. The molecule has 23 heteroatoms. The molecule has 0 aliphatic carbocycles. The zero-order chi connectivity index (χ0) is 69.4. The van der Waals surface area contributed by atoms with Crippen LogP contribution in [0.5, 0.6) is 11.5 Å². The Morgan fingerprint density at radius 2 is 1.02 bits per heavy atom. The highest BCUT2D eigenvalue weighted by molar-refractivity contribution is 7.88. The number of H-pyrrole nitrogens is 5. The van der Waals surface area contributed by atoms with E-state index >= 15 is 0 Å². The number of nitrogens with one attached hydrogen (secondary N) is 5. The molecule has 11 heterocycles. The highest BCUT2D eigenvalue weighted by atomic mass is 32.2. The SMILES string of the molecule is CC(=O)N1CC=C(c2c[nH]c3cc(F)cc(F)c23)CC1.CC(=O)N1CC=C(c2c[nH]c3cnccc23)CC1.CC(=O)N1CCC(c2c[nH]c3cc(F)ccc23)CC1.COc1ccc2[nH]cc(C3CCN(C(C)=O)CC3)c2c1.COc1cccc2[nH]cc(C3=CCN(S(C)(=O)=O)CC3)c12. The number of methoxy groups -OCH3 is 2. The number of piperidine rings is 2. The van der Waals surface area contributed by atoms with Crippen LogP contribution in [0.3, 0.4) is 0 Å². The van der Waals surface area contributed by atoms with Crippen LogP contribution in [-0.4, -0.2) is 172 Å². The van der Waals surface area contributed by atoms with Gasteiger partial charge in [0, 0.05) is 197 Å². The van der Waals surface area contributed by atoms with Gasteiger partial charge in [-0.05, 0) is 145 Å². The smallest absolute Gasteiger partial charge is 0.219 e. The zero-order valence-electron chi connectivity index (χ0n) is 56.4. The van der Waals surface area contributed by atoms with Crippen LogP contribution in [0.15, 0.2) is 134 Å². The first kappa shape index (κ1) is 69.5. The molecule has 6 aromatic heterocycles. The molecule has 0 atom stereocenters. The van der Waals surface area contributed by atoms with E-state index in [0.717, 1.165) is 138 Å². The van der Waals surface area contributed by atoms with Gasteiger partial charge in [-0.2, -0.15) is 4.31 Å². The van der Waals surface area contributed by atoms with Crippen molar-refractivity contribution in [2.75, 3.05) is 85.9 Å². The number of ether oxygens (including phenoxy) is 2. The Labute approximate surface area is 567 Å². The quantitative estimate of drug-likeness (QED) is 0.0973. The molecule has 2 fully saturated rings. The zero-order valence-corrected chi connectivity index (χ0v) is 57.2. The average molecular weight is 1360 g/mol. The van der Waals surface area contributed by atoms with Crippen molar-refractivity contribution in [3.8, 4) is 11.5 Å². The summed E-state index contributed by atoms with van der Waals surface area (Å²) in [4.78, 5) is 72.7. The Bertz CT molecular complexity index is 4770. The lowest BCUT2D eigenvalue weighted by molar-refractivity contribution is -0.130. The number of carbonyl (C=O) groups is 4. The van der Waals surface area contributed by atoms with Gasteiger partial charge in [0.25, 0.3) is 0 Å². The van der Waals surface area contributed by atoms with E-state index in [-0.39, 0.29) is 29.4 Å². The van der Waals surface area contributed by atoms with Gasteiger partial charge in [-0.3, -0.25) is 24.2 Å². The van der Waals surface area contributed by atoms with Crippen LogP contribution in [0, 0.1) is 17.5 Å². The van der Waals surface area contributed by atoms with E-state index in [0.29, 0.717) is 68.3 Å². The van der Waals surface area contributed by atoms with Gasteiger partial charge in [-0.15, -0.1) is 0 Å². The number of nitrogens with zero attached hydrogens (tertiary/aromatic N) is 6. The largest absolute Gasteiger partial charge is 0.497 e. The predicted molar refractivity (Wildman–Crippen MR) is 379 cm³/mol. The second kappa shape index (κ2) is 30.7. The van der Waals surface area contributed by atoms with Crippen LogP contribution < -0.4 is 9.47 Å². The van der Waals surface area contributed by atoms with Crippen molar-refractivity contribution in [3.05, 3.63) is 180 Å². The molecule has 5 N–H and O–H groups in total. The average Bonchev–Trinajstić information content (AvgIpc) is 1.79. The summed E-state index contributed by atoms with van der Waals surface area (Å²) in [5, 5.41) is 5.01. The van der Waals surface area contributed by atoms with Gasteiger partial charge in [-0.1, -0.05) is 24.3 Å². The topological polar surface area (TPSA) is 229 Å². The predicted octanol–water partition coefficient (Wildman–Crippen LogP) is 13.4. The fraction of sp³-hybridized carbons (Fsp3) is 0.347. The maximum atomic E-state index is 13.9. The first-order valence-corrected chi connectivity index (χ1v) is 35.0. The molecule has 15 rings (SSSR count). The second-order valence-corrected chi connectivity index (χ2v) is 27.3. The third-order valence-corrected chi connectivity index (χ3v) is 20.7. The van der Waals surface area contributed by atoms with E-state index in [9.17, 15) is 40.8 Å². The van der Waals surface area contributed by atoms with E-state index in [2.05, 4.69) is 54.3 Å². The monoisotopic (exact) mass is 1360 g/mol. The van der Waals surface area contributed by atoms with Crippen molar-refractivity contribution >= 4 is 105 Å². The lowest BCUT2D eigenvalue weighted by Gasteiger charge is -2.31. The summed E-state index contributed by atoms with van der Waals surface area (Å²) >= 11 is 0. The number of aromatic amines is 5. The molecule has 2 saturated heterocycles. The number of fused-ring (bicyclic) bond motifs is 5. The molecule has 0 unspecified atom stereocenters. The van der Waals surface area contributed by atoms with E-state index in [4.69, 9.17) is 9.47 Å². The molecule has 5 aliphatic heterocycles. The number of likely N-dealkylation sites (tertiary alicyclic amines) is 2. The number of sulfonamides is 1. The number of pyridine rings is 1. The normalized spacial score (nSPS) is 16.4. The Balaban J connectivity index is 0.000000124. The minimum absolute atomic E-state index is 0.0347. The number of amides is 4. The van der Waals surface area contributed by atoms with E-state index in [1.807, 2.05) is 94.2 Å². The minimum atomic E-state index is -3.12. The highest BCUT2D eigenvalue weighted by Gasteiger charge is 2.28. The first-order chi connectivity index (χ1) is 47.1. The van der Waals surface area contributed by atoms with Gasteiger partial charge in [0.05, 0.1) is 37.7 Å². The van der Waals surface area contributed by atoms with E-state index < -0.39 is 21.7 Å². The van der Waals surface area contributed by atoms with Crippen LogP contribution in [0.1, 0.15) is 112 Å². The molecule has 0 saturated carbocycles. The number of benzene rings is 4. The summed E-state index contributed by atoms with van der Waals surface area (Å²) in [7, 11) is 0.235. The summed E-state index contributed by atoms with van der Waals surface area (Å²) in [6, 6.07) is 21.1. The Morgan fingerprint density at radius 3 is 1.58 bits per heavy atom. The number of hydrogen-bond acceptors (Lipinski definition) is 9. The van der Waals surface area contributed by atoms with Gasteiger partial charge in [0.1, 0.15) is 29.0 Å². The van der Waals surface area contributed by atoms with Crippen LogP contribution >= 0.6 is 0 Å². The minimum Gasteiger partial charge on any atom is -0.497 e. The lowest BCUT2D eigenvalue weighted by atomic mass is 9.89. The molecule has 4 aromatic carbocycles. The van der Waals surface area contributed by atoms with Crippen molar-refractivity contribution in [1.29, 1.82) is 0 Å². The third kappa shape index (κ3) is 15.9. The molecule has 0 spiro atoms. The van der Waals surface area contributed by atoms with Gasteiger partial charge >= 0.3 is 0 Å². The molecule has 0 radical (unpaired) electrons. The van der Waals surface area contributed by atoms with Crippen LogP contribution in [0.2, 0.25) is 0 Å². The van der Waals surface area contributed by atoms with Gasteiger partial charge < -0.3 is 54.0 Å². The van der Waals surface area contributed by atoms with Crippen molar-refractivity contribution in [1.82, 2.24) is 53.8 Å². The number of carbonyl (C=O) groups excluding carboxylic acids is 4. The summed E-state index contributed by atoms with van der Waals surface area (Å²) in [6.45, 7) is 13.4. The van der Waals surface area contributed by atoms with Crippen molar-refractivity contribution in [2.24, 2.45) is 0 Å². The van der Waals surface area contributed by atoms with Crippen LogP contribution in [0.4, 0.5) is 13.2 Å². The maximum Gasteiger partial charge on any atom is 0.219 e. The summed E-state index contributed by atoms with van der Waals surface area (Å²) in [5.74, 6) is 1.84. The van der Waals surface area contributed by atoms with Crippen LogP contribution in [0.25, 0.3) is 71.2 Å². The highest BCUT2D eigenvalue weighted by Crippen LogP contribution is 2.39. The molecule has 514 valence electrons.